The summed E-state index contributed by atoms with van der Waals surface area (Å²) in [5, 5.41) is 0. The number of ketones is 1. The summed E-state index contributed by atoms with van der Waals surface area (Å²) in [6.45, 7) is 3.77. The molecule has 1 amide bonds. The minimum absolute atomic E-state index is 0.00123. The Morgan fingerprint density at radius 3 is 2.41 bits per heavy atom. The maximum atomic E-state index is 12.5. The van der Waals surface area contributed by atoms with Crippen molar-refractivity contribution in [3.8, 4) is 11.5 Å². The Morgan fingerprint density at radius 1 is 0.931 bits per heavy atom. The summed E-state index contributed by atoms with van der Waals surface area (Å²) in [7, 11) is 0. The van der Waals surface area contributed by atoms with E-state index in [4.69, 9.17) is 9.47 Å². The third kappa shape index (κ3) is 4.64. The number of rotatable bonds is 5. The Balaban J connectivity index is 1.28. The van der Waals surface area contributed by atoms with Gasteiger partial charge in [-0.3, -0.25) is 9.59 Å². The van der Waals surface area contributed by atoms with E-state index in [2.05, 4.69) is 14.9 Å². The fourth-order valence-electron chi connectivity index (χ4n) is 3.47. The average Bonchev–Trinajstić information content (AvgIpc) is 3.03. The number of ether oxygens (including phenoxy) is 2. The quantitative estimate of drug-likeness (QED) is 0.714. The van der Waals surface area contributed by atoms with Crippen molar-refractivity contribution in [2.24, 2.45) is 0 Å². The SMILES string of the molecule is O=C(CCC(=O)N1CCN(c2ncccn2)CC1)c1ccc2c(c1)OCCCO2. The summed E-state index contributed by atoms with van der Waals surface area (Å²) in [5.41, 5.74) is 0.549. The lowest BCUT2D eigenvalue weighted by molar-refractivity contribution is -0.131. The predicted molar refractivity (Wildman–Crippen MR) is 106 cm³/mol. The largest absolute Gasteiger partial charge is 0.490 e. The first-order valence-electron chi connectivity index (χ1n) is 9.93. The summed E-state index contributed by atoms with van der Waals surface area (Å²) in [6, 6.07) is 7.00. The van der Waals surface area contributed by atoms with Crippen molar-refractivity contribution in [1.82, 2.24) is 14.9 Å². The molecule has 0 N–H and O–H groups in total. The molecule has 0 atom stereocenters. The van der Waals surface area contributed by atoms with Crippen LogP contribution in [0.1, 0.15) is 29.6 Å². The summed E-state index contributed by atoms with van der Waals surface area (Å²) in [5.74, 6) is 1.88. The van der Waals surface area contributed by atoms with E-state index in [1.165, 1.54) is 0 Å². The maximum absolute atomic E-state index is 12.5. The second-order valence-electron chi connectivity index (χ2n) is 7.05. The molecule has 0 aliphatic carbocycles. The molecule has 152 valence electrons. The van der Waals surface area contributed by atoms with Crippen molar-refractivity contribution in [3.63, 3.8) is 0 Å². The molecule has 4 rings (SSSR count). The van der Waals surface area contributed by atoms with E-state index in [1.807, 2.05) is 0 Å². The Bertz CT molecular complexity index is 866. The molecule has 8 nitrogen and oxygen atoms in total. The van der Waals surface area contributed by atoms with Gasteiger partial charge in [0.1, 0.15) is 0 Å². The smallest absolute Gasteiger partial charge is 0.225 e. The lowest BCUT2D eigenvalue weighted by Crippen LogP contribution is -2.49. The van der Waals surface area contributed by atoms with E-state index in [9.17, 15) is 9.59 Å². The van der Waals surface area contributed by atoms with E-state index in [-0.39, 0.29) is 24.5 Å². The first-order chi connectivity index (χ1) is 14.2. The fraction of sp³-hybridized carbons (Fsp3) is 0.429. The van der Waals surface area contributed by atoms with E-state index in [0.717, 1.165) is 6.42 Å². The molecule has 8 heteroatoms. The fourth-order valence-corrected chi connectivity index (χ4v) is 3.47. The van der Waals surface area contributed by atoms with Gasteiger partial charge in [0, 0.05) is 63.4 Å². The molecule has 1 fully saturated rings. The molecule has 2 aromatic rings. The second kappa shape index (κ2) is 8.89. The van der Waals surface area contributed by atoms with Crippen LogP contribution in [0.4, 0.5) is 5.95 Å². The first-order valence-corrected chi connectivity index (χ1v) is 9.93. The molecule has 0 radical (unpaired) electrons. The van der Waals surface area contributed by atoms with Crippen LogP contribution in [-0.2, 0) is 4.79 Å². The van der Waals surface area contributed by atoms with Crippen LogP contribution in [0.2, 0.25) is 0 Å². The van der Waals surface area contributed by atoms with E-state index in [1.54, 1.807) is 41.6 Å². The van der Waals surface area contributed by atoms with Gasteiger partial charge < -0.3 is 19.3 Å². The molecule has 1 aromatic heterocycles. The minimum Gasteiger partial charge on any atom is -0.490 e. The number of hydrogen-bond acceptors (Lipinski definition) is 7. The van der Waals surface area contributed by atoms with Crippen molar-refractivity contribution < 1.29 is 19.1 Å². The molecule has 3 heterocycles. The predicted octanol–water partition coefficient (Wildman–Crippen LogP) is 1.95. The number of anilines is 1. The number of hydrogen-bond donors (Lipinski definition) is 0. The molecule has 0 spiro atoms. The lowest BCUT2D eigenvalue weighted by Gasteiger charge is -2.34. The summed E-state index contributed by atoms with van der Waals surface area (Å²) in [4.78, 5) is 37.5. The molecule has 0 bridgehead atoms. The normalized spacial score (nSPS) is 16.3. The van der Waals surface area contributed by atoms with Gasteiger partial charge in [-0.1, -0.05) is 0 Å². The highest BCUT2D eigenvalue weighted by atomic mass is 16.5. The highest BCUT2D eigenvalue weighted by Gasteiger charge is 2.23. The van der Waals surface area contributed by atoms with Gasteiger partial charge in [-0.25, -0.2) is 9.97 Å². The molecule has 0 saturated carbocycles. The number of benzene rings is 1. The number of Topliss-reactive ketones (excluding diaryl/α,β-unsaturated/α-hetero) is 1. The number of piperazine rings is 1. The van der Waals surface area contributed by atoms with Crippen molar-refractivity contribution in [2.45, 2.75) is 19.3 Å². The van der Waals surface area contributed by atoms with Crippen LogP contribution in [0, 0.1) is 0 Å². The number of fused-ring (bicyclic) bond motifs is 1. The van der Waals surface area contributed by atoms with Crippen LogP contribution in [0.25, 0.3) is 0 Å². The van der Waals surface area contributed by atoms with E-state index >= 15 is 0 Å². The molecule has 1 aromatic carbocycles. The van der Waals surface area contributed by atoms with Crippen molar-refractivity contribution in [2.75, 3.05) is 44.3 Å². The Labute approximate surface area is 169 Å². The van der Waals surface area contributed by atoms with Crippen molar-refractivity contribution >= 4 is 17.6 Å². The number of nitrogens with zero attached hydrogens (tertiary/aromatic N) is 4. The van der Waals surface area contributed by atoms with E-state index < -0.39 is 0 Å². The molecule has 0 unspecified atom stereocenters. The van der Waals surface area contributed by atoms with Gasteiger partial charge in [-0.05, 0) is 24.3 Å². The molecular formula is C21H24N4O4. The Hall–Kier alpha value is -3.16. The highest BCUT2D eigenvalue weighted by molar-refractivity contribution is 5.98. The molecule has 29 heavy (non-hydrogen) atoms. The van der Waals surface area contributed by atoms with Gasteiger partial charge in [0.05, 0.1) is 13.2 Å². The zero-order valence-corrected chi connectivity index (χ0v) is 16.2. The van der Waals surface area contributed by atoms with Gasteiger partial charge in [0.2, 0.25) is 11.9 Å². The number of carbonyl (C=O) groups excluding carboxylic acids is 2. The zero-order valence-electron chi connectivity index (χ0n) is 16.2. The highest BCUT2D eigenvalue weighted by Crippen LogP contribution is 2.30. The van der Waals surface area contributed by atoms with Crippen LogP contribution >= 0.6 is 0 Å². The maximum Gasteiger partial charge on any atom is 0.225 e. The van der Waals surface area contributed by atoms with Gasteiger partial charge in [-0.15, -0.1) is 0 Å². The monoisotopic (exact) mass is 396 g/mol. The van der Waals surface area contributed by atoms with Crippen LogP contribution in [0.5, 0.6) is 11.5 Å². The van der Waals surface area contributed by atoms with Gasteiger partial charge in [0.25, 0.3) is 0 Å². The minimum atomic E-state index is -0.0645. The standard InChI is InChI=1S/C21H24N4O4/c26-17(16-3-5-18-19(15-16)29-14-2-13-28-18)4-6-20(27)24-9-11-25(12-10-24)21-22-7-1-8-23-21/h1,3,5,7-8,15H,2,4,6,9-14H2. The van der Waals surface area contributed by atoms with Gasteiger partial charge in [0.15, 0.2) is 17.3 Å². The third-order valence-electron chi connectivity index (χ3n) is 5.10. The average molecular weight is 396 g/mol. The Kier molecular flexibility index (Phi) is 5.88. The van der Waals surface area contributed by atoms with E-state index in [0.29, 0.717) is 62.4 Å². The second-order valence-corrected chi connectivity index (χ2v) is 7.05. The molecule has 2 aliphatic rings. The van der Waals surface area contributed by atoms with Crippen molar-refractivity contribution in [1.29, 1.82) is 0 Å². The summed E-state index contributed by atoms with van der Waals surface area (Å²) in [6.07, 6.45) is 4.63. The summed E-state index contributed by atoms with van der Waals surface area (Å²) >= 11 is 0. The van der Waals surface area contributed by atoms with Gasteiger partial charge >= 0.3 is 0 Å². The first kappa shape index (κ1) is 19.2. The molecular weight excluding hydrogens is 372 g/mol. The zero-order chi connectivity index (χ0) is 20.1. The lowest BCUT2D eigenvalue weighted by atomic mass is 10.1. The van der Waals surface area contributed by atoms with Crippen LogP contribution in [-0.4, -0.2) is 66.0 Å². The molecule has 1 saturated heterocycles. The third-order valence-corrected chi connectivity index (χ3v) is 5.10. The Morgan fingerprint density at radius 2 is 1.66 bits per heavy atom. The number of aromatic nitrogens is 2. The molecule has 2 aliphatic heterocycles. The number of amides is 1. The van der Waals surface area contributed by atoms with Crippen LogP contribution < -0.4 is 14.4 Å². The van der Waals surface area contributed by atoms with Gasteiger partial charge in [-0.2, -0.15) is 0 Å². The topological polar surface area (TPSA) is 84.9 Å². The van der Waals surface area contributed by atoms with Crippen LogP contribution in [0.15, 0.2) is 36.7 Å². The number of carbonyl (C=O) groups is 2. The van der Waals surface area contributed by atoms with Crippen molar-refractivity contribution in [3.05, 3.63) is 42.2 Å². The van der Waals surface area contributed by atoms with Crippen LogP contribution in [0.3, 0.4) is 0 Å². The summed E-state index contributed by atoms with van der Waals surface area (Å²) < 4.78 is 11.2.